The zero-order chi connectivity index (χ0) is 13.2. The van der Waals surface area contributed by atoms with Crippen LogP contribution < -0.4 is 15.5 Å². The maximum Gasteiger partial charge on any atom is 0.185 e. The second-order valence-electron chi connectivity index (χ2n) is 4.37. The first-order valence-corrected chi connectivity index (χ1v) is 7.30. The van der Waals surface area contributed by atoms with Gasteiger partial charge in [0.05, 0.1) is 0 Å². The molecule has 0 bridgehead atoms. The molecule has 2 aromatic rings. The summed E-state index contributed by atoms with van der Waals surface area (Å²) in [4.78, 5) is 13.1. The van der Waals surface area contributed by atoms with Gasteiger partial charge < -0.3 is 15.5 Å². The van der Waals surface area contributed by atoms with Gasteiger partial charge in [-0.1, -0.05) is 11.6 Å². The molecule has 0 aromatic carbocycles. The van der Waals surface area contributed by atoms with Crippen LogP contribution in [0.5, 0.6) is 0 Å². The molecular formula is C12H14ClN5S. The Hall–Kier alpha value is -1.53. The molecule has 100 valence electrons. The molecule has 3 heterocycles. The third-order valence-electron chi connectivity index (χ3n) is 3.10. The van der Waals surface area contributed by atoms with Crippen LogP contribution in [0.15, 0.2) is 23.7 Å². The molecule has 0 saturated carbocycles. The van der Waals surface area contributed by atoms with Crippen molar-refractivity contribution in [2.24, 2.45) is 0 Å². The Kier molecular flexibility index (Phi) is 3.44. The Balaban J connectivity index is 1.70. The number of thiazole rings is 1. The molecule has 0 atom stereocenters. The Morgan fingerprint density at radius 2 is 1.89 bits per heavy atom. The van der Waals surface area contributed by atoms with Crippen LogP contribution in [0.1, 0.15) is 0 Å². The van der Waals surface area contributed by atoms with Crippen LogP contribution in [-0.4, -0.2) is 36.1 Å². The number of anilines is 3. The maximum absolute atomic E-state index is 5.94. The van der Waals surface area contributed by atoms with Crippen LogP contribution in [0.2, 0.25) is 5.15 Å². The van der Waals surface area contributed by atoms with E-state index >= 15 is 0 Å². The number of nitrogens with two attached hydrogens (primary N) is 1. The van der Waals surface area contributed by atoms with Gasteiger partial charge in [-0.2, -0.15) is 0 Å². The van der Waals surface area contributed by atoms with Gasteiger partial charge >= 0.3 is 0 Å². The summed E-state index contributed by atoms with van der Waals surface area (Å²) in [5, 5.41) is 3.52. The first-order valence-electron chi connectivity index (χ1n) is 6.05. The largest absolute Gasteiger partial charge is 0.399 e. The van der Waals surface area contributed by atoms with Crippen molar-refractivity contribution in [3.05, 3.63) is 28.9 Å². The van der Waals surface area contributed by atoms with Crippen molar-refractivity contribution < 1.29 is 0 Å². The summed E-state index contributed by atoms with van der Waals surface area (Å²) in [6, 6.07) is 3.53. The van der Waals surface area contributed by atoms with E-state index in [0.717, 1.165) is 37.1 Å². The van der Waals surface area contributed by atoms with Gasteiger partial charge in [-0.15, -0.1) is 11.3 Å². The highest BCUT2D eigenvalue weighted by Gasteiger charge is 2.20. The van der Waals surface area contributed by atoms with Crippen LogP contribution in [0.4, 0.5) is 16.6 Å². The second-order valence-corrected chi connectivity index (χ2v) is 5.63. The summed E-state index contributed by atoms with van der Waals surface area (Å²) in [5.74, 6) is 0.851. The number of nitrogens with zero attached hydrogens (tertiary/aromatic N) is 4. The van der Waals surface area contributed by atoms with Gasteiger partial charge in [0.1, 0.15) is 11.0 Å². The summed E-state index contributed by atoms with van der Waals surface area (Å²) < 4.78 is 0. The van der Waals surface area contributed by atoms with E-state index < -0.39 is 0 Å². The summed E-state index contributed by atoms with van der Waals surface area (Å²) in [5.41, 5.74) is 6.45. The molecule has 1 aliphatic heterocycles. The van der Waals surface area contributed by atoms with Crippen molar-refractivity contribution in [3.63, 3.8) is 0 Å². The van der Waals surface area contributed by atoms with Gasteiger partial charge in [0, 0.05) is 49.5 Å². The molecule has 7 heteroatoms. The predicted octanol–water partition coefficient (Wildman–Crippen LogP) is 2.10. The quantitative estimate of drug-likeness (QED) is 0.860. The molecule has 0 unspecified atom stereocenters. The molecule has 2 aromatic heterocycles. The normalized spacial score (nSPS) is 15.8. The smallest absolute Gasteiger partial charge is 0.185 e. The van der Waals surface area contributed by atoms with E-state index in [0.29, 0.717) is 10.8 Å². The number of pyridine rings is 1. The Morgan fingerprint density at radius 3 is 2.53 bits per heavy atom. The highest BCUT2D eigenvalue weighted by molar-refractivity contribution is 7.13. The highest BCUT2D eigenvalue weighted by Crippen LogP contribution is 2.23. The van der Waals surface area contributed by atoms with Crippen molar-refractivity contribution in [1.29, 1.82) is 0 Å². The lowest BCUT2D eigenvalue weighted by atomic mass is 10.3. The molecule has 0 spiro atoms. The lowest BCUT2D eigenvalue weighted by molar-refractivity contribution is 0.646. The molecule has 1 aliphatic rings. The minimum Gasteiger partial charge on any atom is -0.399 e. The molecule has 0 amide bonds. The van der Waals surface area contributed by atoms with Crippen LogP contribution in [0, 0.1) is 0 Å². The summed E-state index contributed by atoms with van der Waals surface area (Å²) in [7, 11) is 0. The topological polar surface area (TPSA) is 58.3 Å². The third kappa shape index (κ3) is 2.74. The SMILES string of the molecule is Nc1cc(Cl)nc(N2CCN(c3nccs3)CC2)c1. The van der Waals surface area contributed by atoms with Crippen molar-refractivity contribution in [3.8, 4) is 0 Å². The fourth-order valence-corrected chi connectivity index (χ4v) is 3.07. The van der Waals surface area contributed by atoms with Crippen molar-refractivity contribution in [2.75, 3.05) is 41.7 Å². The highest BCUT2D eigenvalue weighted by atomic mass is 35.5. The van der Waals surface area contributed by atoms with Crippen molar-refractivity contribution >= 4 is 39.6 Å². The molecule has 0 radical (unpaired) electrons. The standard InChI is InChI=1S/C12H14ClN5S/c13-10-7-9(14)8-11(16-10)17-2-4-18(5-3-17)12-15-1-6-19-12/h1,6-8H,2-5H2,(H2,14,16). The number of hydrogen-bond acceptors (Lipinski definition) is 6. The van der Waals surface area contributed by atoms with E-state index in [1.165, 1.54) is 0 Å². The lowest BCUT2D eigenvalue weighted by Crippen LogP contribution is -2.46. The first kappa shape index (κ1) is 12.5. The molecule has 19 heavy (non-hydrogen) atoms. The Bertz CT molecular complexity index is 531. The molecule has 0 aliphatic carbocycles. The molecular weight excluding hydrogens is 282 g/mol. The molecule has 1 saturated heterocycles. The van der Waals surface area contributed by atoms with Gasteiger partial charge in [0.2, 0.25) is 0 Å². The lowest BCUT2D eigenvalue weighted by Gasteiger charge is -2.35. The van der Waals surface area contributed by atoms with E-state index in [1.54, 1.807) is 17.4 Å². The minimum absolute atomic E-state index is 0.442. The number of hydrogen-bond donors (Lipinski definition) is 1. The van der Waals surface area contributed by atoms with Crippen molar-refractivity contribution in [1.82, 2.24) is 9.97 Å². The van der Waals surface area contributed by atoms with Gasteiger partial charge in [0.25, 0.3) is 0 Å². The van der Waals surface area contributed by atoms with Crippen LogP contribution in [0.3, 0.4) is 0 Å². The van der Waals surface area contributed by atoms with Crippen molar-refractivity contribution in [2.45, 2.75) is 0 Å². The zero-order valence-corrected chi connectivity index (χ0v) is 11.9. The van der Waals surface area contributed by atoms with Gasteiger partial charge in [-0.3, -0.25) is 0 Å². The number of piperazine rings is 1. The van der Waals surface area contributed by atoms with E-state index in [4.69, 9.17) is 17.3 Å². The second kappa shape index (κ2) is 5.22. The number of halogens is 1. The molecule has 5 nitrogen and oxygen atoms in total. The van der Waals surface area contributed by atoms with E-state index in [-0.39, 0.29) is 0 Å². The molecule has 3 rings (SSSR count). The minimum atomic E-state index is 0.442. The fourth-order valence-electron chi connectivity index (χ4n) is 2.16. The van der Waals surface area contributed by atoms with Crippen LogP contribution in [0.25, 0.3) is 0 Å². The van der Waals surface area contributed by atoms with Gasteiger partial charge in [0.15, 0.2) is 5.13 Å². The number of rotatable bonds is 2. The molecule has 2 N–H and O–H groups in total. The van der Waals surface area contributed by atoms with E-state index in [9.17, 15) is 0 Å². The van der Waals surface area contributed by atoms with Gasteiger partial charge in [-0.25, -0.2) is 9.97 Å². The van der Waals surface area contributed by atoms with Crippen LogP contribution >= 0.6 is 22.9 Å². The first-order chi connectivity index (χ1) is 9.22. The third-order valence-corrected chi connectivity index (χ3v) is 4.12. The van der Waals surface area contributed by atoms with E-state index in [1.807, 2.05) is 17.6 Å². The molecule has 1 fully saturated rings. The summed E-state index contributed by atoms with van der Waals surface area (Å²) >= 11 is 7.61. The average Bonchev–Trinajstić information content (AvgIpc) is 2.91. The average molecular weight is 296 g/mol. The summed E-state index contributed by atoms with van der Waals surface area (Å²) in [6.45, 7) is 3.65. The van der Waals surface area contributed by atoms with Gasteiger partial charge in [-0.05, 0) is 6.07 Å². The number of aromatic nitrogens is 2. The van der Waals surface area contributed by atoms with E-state index in [2.05, 4.69) is 19.8 Å². The Labute approximate surface area is 120 Å². The van der Waals surface area contributed by atoms with Crippen LogP contribution in [-0.2, 0) is 0 Å². The summed E-state index contributed by atoms with van der Waals surface area (Å²) in [6.07, 6.45) is 1.84. The maximum atomic E-state index is 5.94. The zero-order valence-electron chi connectivity index (χ0n) is 10.3. The number of nitrogen functional groups attached to an aromatic ring is 1. The fraction of sp³-hybridized carbons (Fsp3) is 0.333. The monoisotopic (exact) mass is 295 g/mol. The predicted molar refractivity (Wildman–Crippen MR) is 80.2 cm³/mol. The Morgan fingerprint density at radius 1 is 1.16 bits per heavy atom.